The van der Waals surface area contributed by atoms with Crippen LogP contribution in [0.3, 0.4) is 0 Å². The van der Waals surface area contributed by atoms with Crippen molar-refractivity contribution in [3.63, 3.8) is 0 Å². The lowest BCUT2D eigenvalue weighted by atomic mass is 10.5. The lowest BCUT2D eigenvalue weighted by molar-refractivity contribution is 0.580. The minimum absolute atomic E-state index is 0.0474. The molecule has 0 saturated heterocycles. The number of sulfonamides is 1. The molecule has 1 unspecified atom stereocenters. The number of hydrogen-bond acceptors (Lipinski definition) is 4. The highest BCUT2D eigenvalue weighted by Crippen LogP contribution is 2.05. The van der Waals surface area contributed by atoms with Crippen LogP contribution in [0.25, 0.3) is 0 Å². The van der Waals surface area contributed by atoms with Gasteiger partial charge in [0.25, 0.3) is 10.0 Å². The molecule has 0 aliphatic rings. The second-order valence-corrected chi connectivity index (χ2v) is 6.51. The van der Waals surface area contributed by atoms with Crippen molar-refractivity contribution in [2.45, 2.75) is 18.4 Å². The monoisotopic (exact) mass is 265 g/mol. The normalized spacial score (nSPS) is 13.9. The number of nitrogens with zero attached hydrogens (tertiary/aromatic N) is 1. The average Bonchev–Trinajstić information content (AvgIpc) is 2.65. The van der Waals surface area contributed by atoms with Gasteiger partial charge in [0.15, 0.2) is 5.03 Å². The van der Waals surface area contributed by atoms with Crippen molar-refractivity contribution in [1.82, 2.24) is 14.7 Å². The summed E-state index contributed by atoms with van der Waals surface area (Å²) in [5.74, 6) is 0.924. The number of hydrogen-bond donors (Lipinski definition) is 2. The van der Waals surface area contributed by atoms with Gasteiger partial charge in [0.1, 0.15) is 5.82 Å². The zero-order valence-electron chi connectivity index (χ0n) is 9.19. The zero-order chi connectivity index (χ0) is 12.2. The molecule has 0 aliphatic heterocycles. The predicted molar refractivity (Wildman–Crippen MR) is 62.1 cm³/mol. The summed E-state index contributed by atoms with van der Waals surface area (Å²) in [6.45, 7) is 2.04. The van der Waals surface area contributed by atoms with E-state index in [0.717, 1.165) is 0 Å². The molecule has 2 N–H and O–H groups in total. The quantitative estimate of drug-likeness (QED) is 0.734. The number of nitrogens with one attached hydrogen (secondary N) is 2. The number of aromatic nitrogens is 2. The van der Waals surface area contributed by atoms with E-state index < -0.39 is 20.8 Å². The van der Waals surface area contributed by atoms with Crippen LogP contribution < -0.4 is 4.72 Å². The summed E-state index contributed by atoms with van der Waals surface area (Å²) >= 11 is 0. The SMILES string of the molecule is CCc1ncc(S(=O)(=O)NCCS(C)=O)[nH]1. The molecule has 16 heavy (non-hydrogen) atoms. The van der Waals surface area contributed by atoms with Crippen LogP contribution in [0.1, 0.15) is 12.7 Å². The molecule has 92 valence electrons. The Morgan fingerprint density at radius 1 is 1.56 bits per heavy atom. The van der Waals surface area contributed by atoms with Crippen LogP contribution in [0.15, 0.2) is 11.2 Å². The van der Waals surface area contributed by atoms with E-state index in [0.29, 0.717) is 18.0 Å². The highest BCUT2D eigenvalue weighted by molar-refractivity contribution is 7.89. The zero-order valence-corrected chi connectivity index (χ0v) is 10.8. The highest BCUT2D eigenvalue weighted by Gasteiger charge is 2.16. The van der Waals surface area contributed by atoms with Crippen molar-refractivity contribution < 1.29 is 12.6 Å². The second-order valence-electron chi connectivity index (χ2n) is 3.22. The van der Waals surface area contributed by atoms with E-state index in [1.54, 1.807) is 0 Å². The minimum atomic E-state index is -3.55. The Morgan fingerprint density at radius 2 is 2.25 bits per heavy atom. The maximum atomic E-state index is 11.7. The van der Waals surface area contributed by atoms with Crippen LogP contribution in [0, 0.1) is 0 Å². The van der Waals surface area contributed by atoms with Gasteiger partial charge in [-0.3, -0.25) is 4.21 Å². The van der Waals surface area contributed by atoms with Crippen LogP contribution in [0.4, 0.5) is 0 Å². The first-order chi connectivity index (χ1) is 7.45. The molecule has 0 spiro atoms. The van der Waals surface area contributed by atoms with Gasteiger partial charge in [0.2, 0.25) is 0 Å². The molecule has 0 aromatic carbocycles. The molecule has 6 nitrogen and oxygen atoms in total. The van der Waals surface area contributed by atoms with Crippen LogP contribution >= 0.6 is 0 Å². The van der Waals surface area contributed by atoms with Crippen LogP contribution in [-0.2, 0) is 27.2 Å². The summed E-state index contributed by atoms with van der Waals surface area (Å²) < 4.78 is 36.4. The molecule has 0 amide bonds. The van der Waals surface area contributed by atoms with Crippen molar-refractivity contribution in [1.29, 1.82) is 0 Å². The fourth-order valence-electron chi connectivity index (χ4n) is 1.06. The summed E-state index contributed by atoms with van der Waals surface area (Å²) in [6.07, 6.45) is 3.46. The van der Waals surface area contributed by atoms with Gasteiger partial charge in [-0.2, -0.15) is 0 Å². The third kappa shape index (κ3) is 3.69. The Labute approximate surface area is 97.4 Å². The van der Waals surface area contributed by atoms with E-state index in [1.165, 1.54) is 12.5 Å². The van der Waals surface area contributed by atoms with Gasteiger partial charge in [-0.15, -0.1) is 0 Å². The molecule has 1 aromatic rings. The number of rotatable bonds is 6. The molecule has 1 heterocycles. The smallest absolute Gasteiger partial charge is 0.257 e. The predicted octanol–water partition coefficient (Wildman–Crippen LogP) is -0.371. The summed E-state index contributed by atoms with van der Waals surface area (Å²) in [6, 6.07) is 0. The summed E-state index contributed by atoms with van der Waals surface area (Å²) in [4.78, 5) is 6.61. The van der Waals surface area contributed by atoms with E-state index in [1.807, 2.05) is 6.92 Å². The Hall–Kier alpha value is -0.730. The molecular weight excluding hydrogens is 250 g/mol. The first-order valence-electron chi connectivity index (χ1n) is 4.79. The first-order valence-corrected chi connectivity index (χ1v) is 8.00. The molecule has 0 fully saturated rings. The van der Waals surface area contributed by atoms with Crippen LogP contribution in [-0.4, -0.2) is 41.1 Å². The molecular formula is C8H15N3O3S2. The minimum Gasteiger partial charge on any atom is -0.332 e. The number of H-pyrrole nitrogens is 1. The van der Waals surface area contributed by atoms with Gasteiger partial charge in [-0.25, -0.2) is 18.1 Å². The standard InChI is InChI=1S/C8H15N3O3S2/c1-3-7-9-6-8(11-7)16(13,14)10-4-5-15(2)12/h6,10H,3-5H2,1-2H3,(H,9,11). The topological polar surface area (TPSA) is 91.9 Å². The lowest BCUT2D eigenvalue weighted by Gasteiger charge is -2.02. The number of aryl methyl sites for hydroxylation is 1. The van der Waals surface area contributed by atoms with Gasteiger partial charge >= 0.3 is 0 Å². The maximum Gasteiger partial charge on any atom is 0.257 e. The molecule has 0 saturated carbocycles. The number of aromatic amines is 1. The van der Waals surface area contributed by atoms with E-state index in [-0.39, 0.29) is 11.6 Å². The van der Waals surface area contributed by atoms with E-state index in [4.69, 9.17) is 0 Å². The third-order valence-electron chi connectivity index (χ3n) is 1.91. The summed E-state index contributed by atoms with van der Waals surface area (Å²) in [5, 5.41) is 0.0474. The van der Waals surface area contributed by atoms with Gasteiger partial charge in [-0.05, 0) is 0 Å². The molecule has 8 heteroatoms. The van der Waals surface area contributed by atoms with E-state index >= 15 is 0 Å². The van der Waals surface area contributed by atoms with Gasteiger partial charge < -0.3 is 4.98 Å². The molecule has 1 aromatic heterocycles. The molecule has 0 radical (unpaired) electrons. The molecule has 0 bridgehead atoms. The largest absolute Gasteiger partial charge is 0.332 e. The number of imidazole rings is 1. The van der Waals surface area contributed by atoms with Crippen molar-refractivity contribution in [2.24, 2.45) is 0 Å². The molecule has 1 atom stereocenters. The fourth-order valence-corrected chi connectivity index (χ4v) is 2.55. The van der Waals surface area contributed by atoms with Gasteiger partial charge in [-0.1, -0.05) is 6.92 Å². The molecule has 1 rings (SSSR count). The Balaban J connectivity index is 2.66. The van der Waals surface area contributed by atoms with Crippen molar-refractivity contribution in [2.75, 3.05) is 18.6 Å². The first kappa shape index (κ1) is 13.3. The Kier molecular flexibility index (Phi) is 4.63. The van der Waals surface area contributed by atoms with E-state index in [9.17, 15) is 12.6 Å². The average molecular weight is 265 g/mol. The summed E-state index contributed by atoms with van der Waals surface area (Å²) in [5.41, 5.74) is 0. The van der Waals surface area contributed by atoms with Crippen molar-refractivity contribution >= 4 is 20.8 Å². The van der Waals surface area contributed by atoms with Gasteiger partial charge in [0.05, 0.1) is 6.20 Å². The Bertz CT molecular complexity index is 467. The van der Waals surface area contributed by atoms with Gasteiger partial charge in [0, 0.05) is 35.8 Å². The summed E-state index contributed by atoms with van der Waals surface area (Å²) in [7, 11) is -4.55. The fraction of sp³-hybridized carbons (Fsp3) is 0.625. The van der Waals surface area contributed by atoms with Crippen molar-refractivity contribution in [3.05, 3.63) is 12.0 Å². The second kappa shape index (κ2) is 5.55. The van der Waals surface area contributed by atoms with Crippen LogP contribution in [0.2, 0.25) is 0 Å². The van der Waals surface area contributed by atoms with E-state index in [2.05, 4.69) is 14.7 Å². The third-order valence-corrected chi connectivity index (χ3v) is 4.06. The highest BCUT2D eigenvalue weighted by atomic mass is 32.2. The Morgan fingerprint density at radius 3 is 2.75 bits per heavy atom. The maximum absolute atomic E-state index is 11.7. The molecule has 0 aliphatic carbocycles. The van der Waals surface area contributed by atoms with Crippen molar-refractivity contribution in [3.8, 4) is 0 Å². The van der Waals surface area contributed by atoms with Crippen LogP contribution in [0.5, 0.6) is 0 Å². The lowest BCUT2D eigenvalue weighted by Crippen LogP contribution is -2.28.